The maximum absolute atomic E-state index is 6.16. The number of hydrogen-bond donors (Lipinski definition) is 0. The number of rotatable bonds is 4. The van der Waals surface area contributed by atoms with E-state index in [1.807, 2.05) is 0 Å². The Morgan fingerprint density at radius 1 is 1.36 bits per heavy atom. The van der Waals surface area contributed by atoms with Gasteiger partial charge in [-0.3, -0.25) is 0 Å². The highest BCUT2D eigenvalue weighted by atomic mass is 35.5. The Morgan fingerprint density at radius 2 is 2.00 bits per heavy atom. The largest absolute Gasteiger partial charge is 0.122 e. The Morgan fingerprint density at radius 3 is 2.55 bits per heavy atom. The lowest BCUT2D eigenvalue weighted by atomic mass is 10.0. The van der Waals surface area contributed by atoms with Gasteiger partial charge in [0.1, 0.15) is 0 Å². The van der Waals surface area contributed by atoms with Gasteiger partial charge in [-0.05, 0) is 6.42 Å². The summed E-state index contributed by atoms with van der Waals surface area (Å²) in [4.78, 5) is 0. The van der Waals surface area contributed by atoms with Crippen molar-refractivity contribution in [2.45, 2.75) is 31.6 Å². The molecule has 0 fully saturated rings. The van der Waals surface area contributed by atoms with Crippen molar-refractivity contribution >= 4 is 11.6 Å². The van der Waals surface area contributed by atoms with Crippen molar-refractivity contribution in [1.29, 1.82) is 0 Å². The molecule has 1 aliphatic rings. The van der Waals surface area contributed by atoms with Crippen LogP contribution in [-0.2, 0) is 0 Å². The molecule has 0 radical (unpaired) electrons. The second kappa shape index (κ2) is 4.61. The van der Waals surface area contributed by atoms with Gasteiger partial charge in [-0.15, -0.1) is 11.6 Å². The summed E-state index contributed by atoms with van der Waals surface area (Å²) in [5.74, 6) is 0.489. The molecule has 1 rings (SSSR count). The molecule has 62 valence electrons. The molecule has 0 nitrogen and oxygen atoms in total. The van der Waals surface area contributed by atoms with E-state index in [9.17, 15) is 0 Å². The van der Waals surface area contributed by atoms with E-state index in [1.165, 1.54) is 12.8 Å². The van der Waals surface area contributed by atoms with Gasteiger partial charge in [0, 0.05) is 11.3 Å². The van der Waals surface area contributed by atoms with Crippen LogP contribution in [0.2, 0.25) is 0 Å². The smallest absolute Gasteiger partial charge is 0.0433 e. The highest BCUT2D eigenvalue weighted by Gasteiger charge is 2.14. The van der Waals surface area contributed by atoms with Crippen LogP contribution in [0.3, 0.4) is 0 Å². The molecule has 0 amide bonds. The Kier molecular flexibility index (Phi) is 3.71. The Bertz CT molecular complexity index is 146. The first-order valence-electron chi connectivity index (χ1n) is 4.33. The fourth-order valence-corrected chi connectivity index (χ4v) is 1.60. The van der Waals surface area contributed by atoms with Crippen molar-refractivity contribution in [3.8, 4) is 0 Å². The minimum atomic E-state index is 0.310. The highest BCUT2D eigenvalue weighted by Crippen LogP contribution is 2.22. The quantitative estimate of drug-likeness (QED) is 0.567. The second-order valence-electron chi connectivity index (χ2n) is 3.01. The Hall–Kier alpha value is -0.230. The van der Waals surface area contributed by atoms with Crippen LogP contribution in [0, 0.1) is 5.92 Å². The van der Waals surface area contributed by atoms with Crippen molar-refractivity contribution in [3.63, 3.8) is 0 Å². The molecule has 0 aromatic carbocycles. The van der Waals surface area contributed by atoms with E-state index >= 15 is 0 Å². The summed E-state index contributed by atoms with van der Waals surface area (Å²) in [6.45, 7) is 2.20. The molecule has 1 aliphatic carbocycles. The summed E-state index contributed by atoms with van der Waals surface area (Å²) in [6, 6.07) is 0. The maximum atomic E-state index is 6.16. The van der Waals surface area contributed by atoms with E-state index in [4.69, 9.17) is 11.6 Å². The molecule has 0 saturated heterocycles. The first kappa shape index (κ1) is 8.86. The van der Waals surface area contributed by atoms with E-state index in [0.717, 1.165) is 6.42 Å². The van der Waals surface area contributed by atoms with E-state index in [0.29, 0.717) is 11.3 Å². The molecular weight excluding hydrogens is 156 g/mol. The predicted octanol–water partition coefficient (Wildman–Crippen LogP) is 3.53. The molecule has 1 heteroatoms. The molecule has 0 N–H and O–H groups in total. The van der Waals surface area contributed by atoms with Gasteiger partial charge in [0.25, 0.3) is 0 Å². The number of unbranched alkanes of at least 4 members (excludes halogenated alkanes) is 1. The third kappa shape index (κ3) is 2.70. The average Bonchev–Trinajstić information content (AvgIpc) is 2.52. The topological polar surface area (TPSA) is 0 Å². The molecule has 0 spiro atoms. The van der Waals surface area contributed by atoms with Crippen LogP contribution in [0.1, 0.15) is 26.2 Å². The van der Waals surface area contributed by atoms with Crippen molar-refractivity contribution in [3.05, 3.63) is 24.3 Å². The minimum absolute atomic E-state index is 0.310. The number of allylic oxidation sites excluding steroid dienone is 4. The summed E-state index contributed by atoms with van der Waals surface area (Å²) in [6.07, 6.45) is 12.1. The monoisotopic (exact) mass is 170 g/mol. The van der Waals surface area contributed by atoms with Gasteiger partial charge >= 0.3 is 0 Å². The number of hydrogen-bond acceptors (Lipinski definition) is 0. The zero-order chi connectivity index (χ0) is 8.10. The lowest BCUT2D eigenvalue weighted by Crippen LogP contribution is -2.08. The summed E-state index contributed by atoms with van der Waals surface area (Å²) in [7, 11) is 0. The average molecular weight is 171 g/mol. The van der Waals surface area contributed by atoms with E-state index in [2.05, 4.69) is 31.2 Å². The van der Waals surface area contributed by atoms with Crippen LogP contribution in [0.5, 0.6) is 0 Å². The van der Waals surface area contributed by atoms with Crippen molar-refractivity contribution in [2.75, 3.05) is 0 Å². The Balaban J connectivity index is 2.24. The first-order chi connectivity index (χ1) is 5.34. The summed E-state index contributed by atoms with van der Waals surface area (Å²) in [5.41, 5.74) is 0. The van der Waals surface area contributed by atoms with Crippen LogP contribution in [-0.4, -0.2) is 5.38 Å². The van der Waals surface area contributed by atoms with Crippen LogP contribution >= 0.6 is 11.6 Å². The van der Waals surface area contributed by atoms with Crippen molar-refractivity contribution in [1.82, 2.24) is 0 Å². The third-order valence-electron chi connectivity index (χ3n) is 2.03. The SMILES string of the molecule is CCCCC(Cl)C1C=CC=C1. The van der Waals surface area contributed by atoms with Crippen LogP contribution in [0.15, 0.2) is 24.3 Å². The fraction of sp³-hybridized carbons (Fsp3) is 0.600. The molecular formula is C10H15Cl. The molecule has 0 aromatic rings. The maximum Gasteiger partial charge on any atom is 0.0433 e. The fourth-order valence-electron chi connectivity index (χ4n) is 1.28. The van der Waals surface area contributed by atoms with E-state index in [1.54, 1.807) is 0 Å². The Labute approximate surface area is 73.9 Å². The predicted molar refractivity (Wildman–Crippen MR) is 50.9 cm³/mol. The van der Waals surface area contributed by atoms with Gasteiger partial charge in [0.05, 0.1) is 0 Å². The van der Waals surface area contributed by atoms with Crippen LogP contribution < -0.4 is 0 Å². The van der Waals surface area contributed by atoms with Gasteiger partial charge in [-0.25, -0.2) is 0 Å². The summed E-state index contributed by atoms with van der Waals surface area (Å²) < 4.78 is 0. The number of alkyl halides is 1. The summed E-state index contributed by atoms with van der Waals surface area (Å²) >= 11 is 6.16. The van der Waals surface area contributed by atoms with E-state index < -0.39 is 0 Å². The van der Waals surface area contributed by atoms with Gasteiger partial charge < -0.3 is 0 Å². The lowest BCUT2D eigenvalue weighted by Gasteiger charge is -2.12. The van der Waals surface area contributed by atoms with Gasteiger partial charge in [0.2, 0.25) is 0 Å². The summed E-state index contributed by atoms with van der Waals surface area (Å²) in [5, 5.41) is 0.310. The molecule has 1 atom stereocenters. The van der Waals surface area contributed by atoms with E-state index in [-0.39, 0.29) is 0 Å². The molecule has 11 heavy (non-hydrogen) atoms. The molecule has 0 heterocycles. The number of halogens is 1. The molecule has 0 saturated carbocycles. The van der Waals surface area contributed by atoms with Crippen LogP contribution in [0.4, 0.5) is 0 Å². The zero-order valence-electron chi connectivity index (χ0n) is 6.96. The highest BCUT2D eigenvalue weighted by molar-refractivity contribution is 6.21. The molecule has 1 unspecified atom stereocenters. The molecule has 0 aromatic heterocycles. The third-order valence-corrected chi connectivity index (χ3v) is 2.54. The van der Waals surface area contributed by atoms with Gasteiger partial charge in [-0.1, -0.05) is 44.1 Å². The standard InChI is InChI=1S/C10H15Cl/c1-2-3-8-10(11)9-6-4-5-7-9/h4-7,9-10H,2-3,8H2,1H3. The molecule has 0 bridgehead atoms. The molecule has 0 aliphatic heterocycles. The lowest BCUT2D eigenvalue weighted by molar-refractivity contribution is 0.623. The van der Waals surface area contributed by atoms with Gasteiger partial charge in [0.15, 0.2) is 0 Å². The zero-order valence-corrected chi connectivity index (χ0v) is 7.72. The van der Waals surface area contributed by atoms with Crippen LogP contribution in [0.25, 0.3) is 0 Å². The van der Waals surface area contributed by atoms with Gasteiger partial charge in [-0.2, -0.15) is 0 Å². The minimum Gasteiger partial charge on any atom is -0.122 e. The van der Waals surface area contributed by atoms with Crippen molar-refractivity contribution < 1.29 is 0 Å². The van der Waals surface area contributed by atoms with Crippen molar-refractivity contribution in [2.24, 2.45) is 5.92 Å². The first-order valence-corrected chi connectivity index (χ1v) is 4.77. The normalized spacial score (nSPS) is 19.5. The second-order valence-corrected chi connectivity index (χ2v) is 3.57.